The molecule has 4 aliphatic carbocycles. The monoisotopic (exact) mass is 501 g/mol. The van der Waals surface area contributed by atoms with Gasteiger partial charge < -0.3 is 15.0 Å². The van der Waals surface area contributed by atoms with E-state index in [4.69, 9.17) is 4.74 Å². The lowest BCUT2D eigenvalue weighted by Crippen LogP contribution is -3.06. The molecule has 1 amide bonds. The third-order valence-corrected chi connectivity index (χ3v) is 11.4. The van der Waals surface area contributed by atoms with Gasteiger partial charge in [-0.3, -0.25) is 0 Å². The smallest absolute Gasteiger partial charge is 0.407 e. The van der Waals surface area contributed by atoms with Crippen LogP contribution >= 0.6 is 0 Å². The van der Waals surface area contributed by atoms with Crippen LogP contribution in [0.2, 0.25) is 0 Å². The molecule has 4 rings (SSSR count). The molecular weight excluding hydrogens is 444 g/mol. The van der Waals surface area contributed by atoms with Crippen molar-refractivity contribution in [3.63, 3.8) is 0 Å². The maximum Gasteiger partial charge on any atom is 0.407 e. The van der Waals surface area contributed by atoms with Gasteiger partial charge in [-0.05, 0) is 91.3 Å². The summed E-state index contributed by atoms with van der Waals surface area (Å²) in [5, 5.41) is 2.95. The fourth-order valence-corrected chi connectivity index (χ4v) is 9.36. The summed E-state index contributed by atoms with van der Waals surface area (Å²) in [5.74, 6) is 5.22. The average Bonchev–Trinajstić information content (AvgIpc) is 3.16. The van der Waals surface area contributed by atoms with Gasteiger partial charge in [0.2, 0.25) is 0 Å². The minimum atomic E-state index is -0.230. The molecule has 0 spiro atoms. The van der Waals surface area contributed by atoms with E-state index in [0.717, 1.165) is 54.9 Å². The summed E-state index contributed by atoms with van der Waals surface area (Å²) in [6, 6.07) is 0. The van der Waals surface area contributed by atoms with Crippen molar-refractivity contribution in [3.05, 3.63) is 11.6 Å². The number of hydrogen-bond donors (Lipinski definition) is 2. The minimum Gasteiger partial charge on any atom is -0.446 e. The molecule has 0 aliphatic heterocycles. The van der Waals surface area contributed by atoms with E-state index >= 15 is 0 Å². The van der Waals surface area contributed by atoms with E-state index in [1.54, 1.807) is 5.57 Å². The van der Waals surface area contributed by atoms with Crippen LogP contribution in [0.4, 0.5) is 4.79 Å². The molecule has 0 radical (unpaired) electrons. The van der Waals surface area contributed by atoms with E-state index < -0.39 is 0 Å². The van der Waals surface area contributed by atoms with Crippen LogP contribution in [0.5, 0.6) is 0 Å². The molecular formula is C32H57N2O2+. The van der Waals surface area contributed by atoms with Crippen molar-refractivity contribution >= 4 is 6.09 Å². The fourth-order valence-electron chi connectivity index (χ4n) is 9.36. The molecule has 3 fully saturated rings. The number of quaternary nitrogens is 1. The Kier molecular flexibility index (Phi) is 8.85. The van der Waals surface area contributed by atoms with Crippen molar-refractivity contribution in [2.24, 2.45) is 46.3 Å². The number of alkyl carbamates (subject to hydrolysis) is 1. The average molecular weight is 502 g/mol. The van der Waals surface area contributed by atoms with Crippen molar-refractivity contribution in [2.75, 3.05) is 27.2 Å². The second-order valence-corrected chi connectivity index (χ2v) is 14.4. The van der Waals surface area contributed by atoms with Crippen molar-refractivity contribution in [1.29, 1.82) is 0 Å². The molecule has 0 heterocycles. The van der Waals surface area contributed by atoms with Crippen LogP contribution in [0.15, 0.2) is 11.6 Å². The lowest BCUT2D eigenvalue weighted by Gasteiger charge is -2.58. The largest absolute Gasteiger partial charge is 0.446 e. The number of nitrogens with one attached hydrogen (secondary N) is 2. The highest BCUT2D eigenvalue weighted by Gasteiger charge is 2.59. The lowest BCUT2D eigenvalue weighted by molar-refractivity contribution is -0.856. The molecule has 2 N–H and O–H groups in total. The summed E-state index contributed by atoms with van der Waals surface area (Å²) in [7, 11) is 4.21. The van der Waals surface area contributed by atoms with Crippen LogP contribution in [0.1, 0.15) is 105 Å². The van der Waals surface area contributed by atoms with Gasteiger partial charge in [-0.2, -0.15) is 0 Å². The molecule has 8 atom stereocenters. The number of rotatable bonds is 9. The normalized spacial score (nSPS) is 38.7. The Balaban J connectivity index is 1.37. The Morgan fingerprint density at radius 2 is 1.86 bits per heavy atom. The van der Waals surface area contributed by atoms with Gasteiger partial charge in [0, 0.05) is 6.42 Å². The molecule has 0 unspecified atom stereocenters. The number of hydrogen-bond acceptors (Lipinski definition) is 2. The predicted octanol–water partition coefficient (Wildman–Crippen LogP) is 6.27. The molecule has 3 saturated carbocycles. The zero-order chi connectivity index (χ0) is 26.1. The van der Waals surface area contributed by atoms with Crippen LogP contribution in [0.25, 0.3) is 0 Å². The van der Waals surface area contributed by atoms with Gasteiger partial charge >= 0.3 is 6.09 Å². The van der Waals surface area contributed by atoms with E-state index in [1.807, 2.05) is 0 Å². The van der Waals surface area contributed by atoms with Crippen molar-refractivity contribution in [1.82, 2.24) is 5.32 Å². The molecule has 4 heteroatoms. The third-order valence-electron chi connectivity index (χ3n) is 11.4. The van der Waals surface area contributed by atoms with E-state index in [-0.39, 0.29) is 12.2 Å². The second-order valence-electron chi connectivity index (χ2n) is 14.4. The summed E-state index contributed by atoms with van der Waals surface area (Å²) >= 11 is 0. The first kappa shape index (κ1) is 28.0. The molecule has 206 valence electrons. The van der Waals surface area contributed by atoms with Gasteiger partial charge in [-0.15, -0.1) is 0 Å². The molecule has 0 saturated heterocycles. The molecule has 0 aromatic carbocycles. The van der Waals surface area contributed by atoms with Crippen molar-refractivity contribution in [3.8, 4) is 0 Å². The standard InChI is InChI=1S/C32H56N2O2/c1-22(2)9-8-10-23(3)27-13-14-28-26-12-11-24-21-25(36-30(35)33-19-20-34(6)7)15-17-31(24,4)29(26)16-18-32(27,28)5/h11,22-23,25-29H,8-10,12-21H2,1-7H3,(H,33,35)/p+1/t23-,25-,26-,27+,28-,29-,31-,32+/m0/s1. The van der Waals surface area contributed by atoms with Crippen molar-refractivity contribution < 1.29 is 14.4 Å². The number of allylic oxidation sites excluding steroid dienone is 1. The Bertz CT molecular complexity index is 791. The number of likely N-dealkylation sites (N-methyl/N-ethyl adjacent to an activating group) is 1. The predicted molar refractivity (Wildman–Crippen MR) is 149 cm³/mol. The zero-order valence-electron chi connectivity index (χ0n) is 24.6. The molecule has 0 aromatic heterocycles. The highest BCUT2D eigenvalue weighted by atomic mass is 16.6. The topological polar surface area (TPSA) is 42.8 Å². The first-order valence-corrected chi connectivity index (χ1v) is 15.5. The molecule has 0 aromatic rings. The number of fused-ring (bicyclic) bond motifs is 5. The lowest BCUT2D eigenvalue weighted by atomic mass is 9.47. The Morgan fingerprint density at radius 1 is 1.08 bits per heavy atom. The maximum absolute atomic E-state index is 12.3. The van der Waals surface area contributed by atoms with Gasteiger partial charge in [0.25, 0.3) is 0 Å². The second kappa shape index (κ2) is 11.4. The van der Waals surface area contributed by atoms with E-state index in [9.17, 15) is 4.79 Å². The number of carbonyl (C=O) groups is 1. The van der Waals surface area contributed by atoms with Gasteiger partial charge in [0.1, 0.15) is 6.10 Å². The fraction of sp³-hybridized carbons (Fsp3) is 0.906. The first-order valence-electron chi connectivity index (χ1n) is 15.5. The van der Waals surface area contributed by atoms with Crippen LogP contribution < -0.4 is 10.2 Å². The first-order chi connectivity index (χ1) is 17.0. The van der Waals surface area contributed by atoms with Crippen LogP contribution in [-0.4, -0.2) is 39.4 Å². The SMILES string of the molecule is CC(C)CCC[C@H](C)[C@H]1CC[C@H]2[C@@H]3CC=C4C[C@@H](OC(=O)NCC[NH+](C)C)CC[C@]4(C)[C@H]3CC[C@]12C. The number of ether oxygens (including phenoxy) is 1. The highest BCUT2D eigenvalue weighted by molar-refractivity contribution is 5.67. The Hall–Kier alpha value is -1.03. The van der Waals surface area contributed by atoms with E-state index in [0.29, 0.717) is 17.4 Å². The number of amides is 1. The summed E-state index contributed by atoms with van der Waals surface area (Å²) in [4.78, 5) is 13.7. The summed E-state index contributed by atoms with van der Waals surface area (Å²) in [6.45, 7) is 14.2. The molecule has 4 nitrogen and oxygen atoms in total. The highest BCUT2D eigenvalue weighted by Crippen LogP contribution is 2.67. The zero-order valence-corrected chi connectivity index (χ0v) is 24.6. The van der Waals surface area contributed by atoms with Crippen LogP contribution in [0, 0.1) is 46.3 Å². The summed E-state index contributed by atoms with van der Waals surface area (Å²) in [5.41, 5.74) is 2.47. The van der Waals surface area contributed by atoms with Gasteiger partial charge in [-0.1, -0.05) is 65.5 Å². The van der Waals surface area contributed by atoms with Crippen molar-refractivity contribution in [2.45, 2.75) is 111 Å². The van der Waals surface area contributed by atoms with E-state index in [1.165, 1.54) is 62.7 Å². The molecule has 4 aliphatic rings. The number of carbonyl (C=O) groups excluding carboxylic acids is 1. The molecule has 0 bridgehead atoms. The summed E-state index contributed by atoms with van der Waals surface area (Å²) in [6.07, 6.45) is 16.8. The quantitative estimate of drug-likeness (QED) is 0.366. The van der Waals surface area contributed by atoms with Gasteiger partial charge in [0.15, 0.2) is 0 Å². The molecule has 36 heavy (non-hydrogen) atoms. The Morgan fingerprint density at radius 3 is 2.58 bits per heavy atom. The van der Waals surface area contributed by atoms with Crippen LogP contribution in [0.3, 0.4) is 0 Å². The minimum absolute atomic E-state index is 0.0454. The van der Waals surface area contributed by atoms with Gasteiger partial charge in [-0.25, -0.2) is 4.79 Å². The van der Waals surface area contributed by atoms with E-state index in [2.05, 4.69) is 60.1 Å². The van der Waals surface area contributed by atoms with Gasteiger partial charge in [0.05, 0.1) is 27.2 Å². The maximum atomic E-state index is 12.3. The summed E-state index contributed by atoms with van der Waals surface area (Å²) < 4.78 is 5.88. The third kappa shape index (κ3) is 5.69. The Labute approximate surface area is 222 Å². The van der Waals surface area contributed by atoms with Crippen LogP contribution in [-0.2, 0) is 4.74 Å².